The first-order valence-electron chi connectivity index (χ1n) is 7.58. The van der Waals surface area contributed by atoms with E-state index in [1.165, 1.54) is 11.1 Å². The van der Waals surface area contributed by atoms with Crippen molar-refractivity contribution < 1.29 is 0 Å². The van der Waals surface area contributed by atoms with E-state index in [2.05, 4.69) is 54.4 Å². The average molecular weight is 279 g/mol. The summed E-state index contributed by atoms with van der Waals surface area (Å²) in [6.07, 6.45) is 6.32. The van der Waals surface area contributed by atoms with Gasteiger partial charge in [0.2, 0.25) is 0 Å². The second-order valence-corrected chi connectivity index (χ2v) is 4.49. The molecule has 0 aliphatic rings. The third kappa shape index (κ3) is 4.71. The van der Waals surface area contributed by atoms with E-state index < -0.39 is 0 Å². The zero-order valence-corrected chi connectivity index (χ0v) is 13.7. The Kier molecular flexibility index (Phi) is 7.17. The molecule has 0 bridgehead atoms. The van der Waals surface area contributed by atoms with Gasteiger partial charge in [-0.25, -0.2) is 0 Å². The van der Waals surface area contributed by atoms with Gasteiger partial charge in [0.25, 0.3) is 0 Å². The minimum absolute atomic E-state index is 1.03. The summed E-state index contributed by atoms with van der Waals surface area (Å²) in [5.41, 5.74) is 5.67. The highest BCUT2D eigenvalue weighted by Crippen LogP contribution is 2.23. The van der Waals surface area contributed by atoms with Gasteiger partial charge < -0.3 is 0 Å². The van der Waals surface area contributed by atoms with Crippen LogP contribution in [0, 0.1) is 6.92 Å². The van der Waals surface area contributed by atoms with Gasteiger partial charge in [0.15, 0.2) is 0 Å². The molecular weight excluding hydrogens is 254 g/mol. The Morgan fingerprint density at radius 2 is 1.67 bits per heavy atom. The van der Waals surface area contributed by atoms with Crippen LogP contribution in [-0.4, -0.2) is 4.98 Å². The predicted molar refractivity (Wildman–Crippen MR) is 94.2 cm³/mol. The third-order valence-corrected chi connectivity index (χ3v) is 3.01. The fourth-order valence-corrected chi connectivity index (χ4v) is 2.13. The molecule has 0 unspecified atom stereocenters. The summed E-state index contributed by atoms with van der Waals surface area (Å²) in [6.45, 7) is 10.1. The molecule has 110 valence electrons. The summed E-state index contributed by atoms with van der Waals surface area (Å²) in [5.74, 6) is 0. The lowest BCUT2D eigenvalue weighted by molar-refractivity contribution is 1.20. The van der Waals surface area contributed by atoms with Gasteiger partial charge in [0.05, 0.1) is 5.69 Å². The van der Waals surface area contributed by atoms with Crippen LogP contribution in [0.2, 0.25) is 0 Å². The predicted octanol–water partition coefficient (Wildman–Crippen LogP) is 6.06. The molecule has 0 spiro atoms. The molecule has 0 N–H and O–H groups in total. The van der Waals surface area contributed by atoms with Crippen molar-refractivity contribution in [1.29, 1.82) is 0 Å². The number of hydrogen-bond donors (Lipinski definition) is 0. The van der Waals surface area contributed by atoms with Crippen molar-refractivity contribution in [2.24, 2.45) is 0 Å². The normalized spacial score (nSPS) is 11.2. The number of allylic oxidation sites excluding steroid dienone is 4. The van der Waals surface area contributed by atoms with Crippen LogP contribution in [-0.2, 0) is 0 Å². The molecule has 1 aromatic heterocycles. The van der Waals surface area contributed by atoms with E-state index >= 15 is 0 Å². The van der Waals surface area contributed by atoms with Crippen LogP contribution in [0.15, 0.2) is 60.7 Å². The van der Waals surface area contributed by atoms with Gasteiger partial charge >= 0.3 is 0 Å². The molecule has 1 heterocycles. The third-order valence-electron chi connectivity index (χ3n) is 3.01. The van der Waals surface area contributed by atoms with Crippen molar-refractivity contribution in [2.75, 3.05) is 0 Å². The Hall–Kier alpha value is -2.15. The van der Waals surface area contributed by atoms with E-state index in [9.17, 15) is 0 Å². The number of aromatic nitrogens is 1. The molecule has 1 heteroatoms. The number of rotatable bonds is 3. The van der Waals surface area contributed by atoms with Crippen molar-refractivity contribution in [2.45, 2.75) is 34.6 Å². The molecule has 0 fully saturated rings. The fraction of sp³-hybridized carbons (Fsp3) is 0.250. The van der Waals surface area contributed by atoms with Crippen LogP contribution in [0.4, 0.5) is 0 Å². The summed E-state index contributed by atoms with van der Waals surface area (Å²) < 4.78 is 0. The molecule has 0 saturated carbocycles. The summed E-state index contributed by atoms with van der Waals surface area (Å²) in [4.78, 5) is 4.63. The molecule has 21 heavy (non-hydrogen) atoms. The SMILES string of the molecule is C/C=C\C(=C/C)c1cc(C)nc(-c2ccccc2)c1.CC. The molecule has 0 radical (unpaired) electrons. The topological polar surface area (TPSA) is 12.9 Å². The van der Waals surface area contributed by atoms with Crippen molar-refractivity contribution in [1.82, 2.24) is 4.98 Å². The van der Waals surface area contributed by atoms with Crippen LogP contribution in [0.5, 0.6) is 0 Å². The van der Waals surface area contributed by atoms with Gasteiger partial charge in [-0.1, -0.05) is 62.4 Å². The second-order valence-electron chi connectivity index (χ2n) is 4.49. The van der Waals surface area contributed by atoms with Gasteiger partial charge in [-0.2, -0.15) is 0 Å². The van der Waals surface area contributed by atoms with Crippen LogP contribution in [0.1, 0.15) is 39.0 Å². The van der Waals surface area contributed by atoms with E-state index in [1.54, 1.807) is 0 Å². The number of nitrogens with zero attached hydrogens (tertiary/aromatic N) is 1. The number of benzene rings is 1. The molecule has 0 amide bonds. The van der Waals surface area contributed by atoms with Gasteiger partial charge in [-0.15, -0.1) is 0 Å². The molecule has 0 saturated heterocycles. The van der Waals surface area contributed by atoms with Gasteiger partial charge in [-0.05, 0) is 44.0 Å². The molecular formula is C20H25N. The zero-order chi connectivity index (χ0) is 15.7. The van der Waals surface area contributed by atoms with E-state index in [-0.39, 0.29) is 0 Å². The highest BCUT2D eigenvalue weighted by atomic mass is 14.7. The van der Waals surface area contributed by atoms with Crippen LogP contribution >= 0.6 is 0 Å². The Morgan fingerprint density at radius 3 is 2.24 bits per heavy atom. The Morgan fingerprint density at radius 1 is 1.00 bits per heavy atom. The standard InChI is InChI=1S/C18H19N.C2H6/c1-4-9-15(5-2)17-12-14(3)19-18(13-17)16-10-7-6-8-11-16;1-2/h4-13H,1-3H3;1-2H3/b9-4-,15-5+;. The largest absolute Gasteiger partial charge is 0.253 e. The first-order chi connectivity index (χ1) is 10.2. The van der Waals surface area contributed by atoms with Gasteiger partial charge in [0, 0.05) is 11.3 Å². The van der Waals surface area contributed by atoms with Gasteiger partial charge in [0.1, 0.15) is 0 Å². The van der Waals surface area contributed by atoms with Crippen LogP contribution in [0.25, 0.3) is 16.8 Å². The van der Waals surface area contributed by atoms with E-state index in [1.807, 2.05) is 45.9 Å². The van der Waals surface area contributed by atoms with E-state index in [4.69, 9.17) is 0 Å². The lowest BCUT2D eigenvalue weighted by Gasteiger charge is -2.08. The van der Waals surface area contributed by atoms with E-state index in [0.29, 0.717) is 0 Å². The number of hydrogen-bond acceptors (Lipinski definition) is 1. The maximum Gasteiger partial charge on any atom is 0.0711 e. The first-order valence-corrected chi connectivity index (χ1v) is 7.58. The molecule has 1 aromatic carbocycles. The monoisotopic (exact) mass is 279 g/mol. The number of pyridine rings is 1. The summed E-state index contributed by atoms with van der Waals surface area (Å²) in [7, 11) is 0. The van der Waals surface area contributed by atoms with Crippen molar-refractivity contribution >= 4 is 5.57 Å². The maximum atomic E-state index is 4.63. The lowest BCUT2D eigenvalue weighted by Crippen LogP contribution is -1.91. The zero-order valence-electron chi connectivity index (χ0n) is 13.7. The van der Waals surface area contributed by atoms with Crippen molar-refractivity contribution in [3.63, 3.8) is 0 Å². The van der Waals surface area contributed by atoms with Crippen LogP contribution < -0.4 is 0 Å². The Balaban J connectivity index is 0.00000106. The molecule has 1 nitrogen and oxygen atoms in total. The molecule has 2 aromatic rings. The van der Waals surface area contributed by atoms with Crippen molar-refractivity contribution in [3.8, 4) is 11.3 Å². The Labute approximate surface area is 129 Å². The smallest absolute Gasteiger partial charge is 0.0711 e. The van der Waals surface area contributed by atoms with E-state index in [0.717, 1.165) is 17.0 Å². The summed E-state index contributed by atoms with van der Waals surface area (Å²) >= 11 is 0. The summed E-state index contributed by atoms with van der Waals surface area (Å²) in [5, 5.41) is 0. The minimum Gasteiger partial charge on any atom is -0.253 e. The molecule has 0 aliphatic carbocycles. The van der Waals surface area contributed by atoms with Crippen molar-refractivity contribution in [3.05, 3.63) is 72.0 Å². The quantitative estimate of drug-likeness (QED) is 0.622. The highest BCUT2D eigenvalue weighted by Gasteiger charge is 2.04. The number of aryl methyl sites for hydroxylation is 1. The second kappa shape index (κ2) is 8.91. The highest BCUT2D eigenvalue weighted by molar-refractivity contribution is 5.76. The molecule has 0 atom stereocenters. The fourth-order valence-electron chi connectivity index (χ4n) is 2.13. The summed E-state index contributed by atoms with van der Waals surface area (Å²) in [6, 6.07) is 14.6. The Bertz CT molecular complexity index is 607. The van der Waals surface area contributed by atoms with Gasteiger partial charge in [-0.3, -0.25) is 4.98 Å². The average Bonchev–Trinajstić information content (AvgIpc) is 2.54. The maximum absolute atomic E-state index is 4.63. The minimum atomic E-state index is 1.03. The first kappa shape index (κ1) is 16.9. The lowest BCUT2D eigenvalue weighted by atomic mass is 10.0. The molecule has 2 rings (SSSR count). The van der Waals surface area contributed by atoms with Crippen LogP contribution in [0.3, 0.4) is 0 Å². The molecule has 0 aliphatic heterocycles.